The van der Waals surface area contributed by atoms with Crippen molar-refractivity contribution in [2.75, 3.05) is 11.9 Å². The van der Waals surface area contributed by atoms with Crippen molar-refractivity contribution in [3.63, 3.8) is 0 Å². The van der Waals surface area contributed by atoms with Gasteiger partial charge in [-0.15, -0.1) is 23.2 Å². The number of benzene rings is 2. The zero-order chi connectivity index (χ0) is 22.2. The standard InChI is InChI=1S/C20H17Cl5N2O3/c1-9(28)8-26-18(29)14-7-13(2-3-15(14)23)27-19(30)17-16(20(17,24)25)10-4-11(21)6-12(22)5-10/h2-7,9,16-17,28H,8H2,1H3,(H,26,29)(H,27,30). The quantitative estimate of drug-likeness (QED) is 0.463. The minimum atomic E-state index is -1.32. The van der Waals surface area contributed by atoms with Crippen LogP contribution in [-0.4, -0.2) is 33.9 Å². The van der Waals surface area contributed by atoms with Gasteiger partial charge in [-0.05, 0) is 48.9 Å². The molecule has 1 saturated carbocycles. The highest BCUT2D eigenvalue weighted by Gasteiger charge is 2.67. The molecule has 0 bridgehead atoms. The summed E-state index contributed by atoms with van der Waals surface area (Å²) in [6.45, 7) is 1.61. The van der Waals surface area contributed by atoms with Gasteiger partial charge in [0.15, 0.2) is 0 Å². The Kier molecular flexibility index (Phi) is 7.12. The molecule has 3 N–H and O–H groups in total. The number of anilines is 1. The summed E-state index contributed by atoms with van der Waals surface area (Å²) in [5.74, 6) is -2.12. The van der Waals surface area contributed by atoms with Crippen LogP contribution in [-0.2, 0) is 4.79 Å². The van der Waals surface area contributed by atoms with Gasteiger partial charge in [-0.3, -0.25) is 9.59 Å². The van der Waals surface area contributed by atoms with E-state index in [1.807, 2.05) is 0 Å². The van der Waals surface area contributed by atoms with Crippen LogP contribution in [0.25, 0.3) is 0 Å². The molecule has 0 spiro atoms. The predicted molar refractivity (Wildman–Crippen MR) is 121 cm³/mol. The smallest absolute Gasteiger partial charge is 0.252 e. The molecule has 1 fully saturated rings. The maximum absolute atomic E-state index is 12.8. The minimum absolute atomic E-state index is 0.0682. The molecule has 1 aliphatic rings. The zero-order valence-electron chi connectivity index (χ0n) is 15.6. The maximum atomic E-state index is 12.8. The Morgan fingerprint density at radius 1 is 1.10 bits per heavy atom. The highest BCUT2D eigenvalue weighted by Crippen LogP contribution is 2.65. The SMILES string of the molecule is CC(O)CNC(=O)c1cc(NC(=O)C2C(c3cc(Cl)cc(Cl)c3)C2(Cl)Cl)ccc1Cl. The van der Waals surface area contributed by atoms with E-state index in [1.54, 1.807) is 31.2 Å². The number of aliphatic hydroxyl groups is 1. The second kappa shape index (κ2) is 9.11. The van der Waals surface area contributed by atoms with Crippen LogP contribution in [0, 0.1) is 5.92 Å². The summed E-state index contributed by atoms with van der Waals surface area (Å²) in [6.07, 6.45) is -0.706. The number of carbonyl (C=O) groups is 2. The van der Waals surface area contributed by atoms with Gasteiger partial charge in [0.25, 0.3) is 5.91 Å². The second-order valence-corrected chi connectivity index (χ2v) is 9.80. The van der Waals surface area contributed by atoms with E-state index in [9.17, 15) is 14.7 Å². The van der Waals surface area contributed by atoms with Crippen LogP contribution in [0.1, 0.15) is 28.8 Å². The molecule has 2 aromatic rings. The molecule has 160 valence electrons. The number of alkyl halides is 2. The first kappa shape index (κ1) is 23.5. The predicted octanol–water partition coefficient (Wildman–Crippen LogP) is 5.28. The van der Waals surface area contributed by atoms with Gasteiger partial charge in [-0.25, -0.2) is 0 Å². The molecule has 10 heteroatoms. The first-order valence-corrected chi connectivity index (χ1v) is 10.8. The number of amides is 2. The van der Waals surface area contributed by atoms with Crippen molar-refractivity contribution in [1.82, 2.24) is 5.32 Å². The summed E-state index contributed by atoms with van der Waals surface area (Å²) >= 11 is 30.9. The first-order chi connectivity index (χ1) is 14.0. The van der Waals surface area contributed by atoms with Crippen molar-refractivity contribution in [2.45, 2.75) is 23.3 Å². The van der Waals surface area contributed by atoms with Gasteiger partial charge >= 0.3 is 0 Å². The lowest BCUT2D eigenvalue weighted by Crippen LogP contribution is -2.30. The minimum Gasteiger partial charge on any atom is -0.392 e. The van der Waals surface area contributed by atoms with Crippen molar-refractivity contribution in [1.29, 1.82) is 0 Å². The Morgan fingerprint density at radius 2 is 1.73 bits per heavy atom. The van der Waals surface area contributed by atoms with E-state index in [2.05, 4.69) is 10.6 Å². The Bertz CT molecular complexity index is 976. The highest BCUT2D eigenvalue weighted by atomic mass is 35.5. The molecule has 2 amide bonds. The molecule has 0 saturated heterocycles. The largest absolute Gasteiger partial charge is 0.392 e. The molecule has 3 unspecified atom stereocenters. The summed E-state index contributed by atoms with van der Waals surface area (Å²) < 4.78 is -1.32. The fourth-order valence-electron chi connectivity index (χ4n) is 3.16. The normalized spacial score (nSPS) is 20.4. The summed E-state index contributed by atoms with van der Waals surface area (Å²) in [7, 11) is 0. The van der Waals surface area contributed by atoms with Gasteiger partial charge in [0.05, 0.1) is 22.6 Å². The fraction of sp³-hybridized carbons (Fsp3) is 0.300. The third-order valence-electron chi connectivity index (χ3n) is 4.62. The number of rotatable bonds is 6. The summed E-state index contributed by atoms with van der Waals surface area (Å²) in [5.41, 5.74) is 1.17. The van der Waals surface area contributed by atoms with Crippen molar-refractivity contribution in [2.24, 2.45) is 5.92 Å². The van der Waals surface area contributed by atoms with Gasteiger partial charge in [-0.2, -0.15) is 0 Å². The number of hydrogen-bond donors (Lipinski definition) is 3. The number of halogens is 5. The van der Waals surface area contributed by atoms with Crippen LogP contribution in [0.5, 0.6) is 0 Å². The van der Waals surface area contributed by atoms with E-state index in [-0.39, 0.29) is 17.1 Å². The third kappa shape index (κ3) is 5.16. The molecule has 3 rings (SSSR count). The van der Waals surface area contributed by atoms with Crippen LogP contribution in [0.4, 0.5) is 5.69 Å². The van der Waals surface area contributed by atoms with Crippen molar-refractivity contribution < 1.29 is 14.7 Å². The second-order valence-electron chi connectivity index (χ2n) is 7.08. The lowest BCUT2D eigenvalue weighted by Gasteiger charge is -2.11. The summed E-state index contributed by atoms with van der Waals surface area (Å²) in [5, 5.41) is 15.6. The van der Waals surface area contributed by atoms with E-state index >= 15 is 0 Å². The molecule has 5 nitrogen and oxygen atoms in total. The first-order valence-electron chi connectivity index (χ1n) is 8.91. The molecule has 30 heavy (non-hydrogen) atoms. The topological polar surface area (TPSA) is 78.4 Å². The van der Waals surface area contributed by atoms with Crippen molar-refractivity contribution >= 4 is 75.5 Å². The van der Waals surface area contributed by atoms with E-state index in [0.29, 0.717) is 21.3 Å². The number of nitrogens with one attached hydrogen (secondary N) is 2. The molecular weight excluding hydrogens is 493 g/mol. The van der Waals surface area contributed by atoms with E-state index < -0.39 is 34.1 Å². The van der Waals surface area contributed by atoms with Crippen molar-refractivity contribution in [3.8, 4) is 0 Å². The number of hydrogen-bond acceptors (Lipinski definition) is 3. The molecule has 0 aromatic heterocycles. The Hall–Kier alpha value is -1.21. The highest BCUT2D eigenvalue weighted by molar-refractivity contribution is 6.53. The maximum Gasteiger partial charge on any atom is 0.252 e. The fourth-order valence-corrected chi connectivity index (χ4v) is 4.73. The summed E-state index contributed by atoms with van der Waals surface area (Å²) in [6, 6.07) is 9.39. The average Bonchev–Trinajstić information content (AvgIpc) is 3.22. The Balaban J connectivity index is 1.76. The molecular formula is C20H17Cl5N2O3. The van der Waals surface area contributed by atoms with E-state index in [0.717, 1.165) is 0 Å². The third-order valence-corrected chi connectivity index (χ3v) is 6.32. The molecule has 0 radical (unpaired) electrons. The summed E-state index contributed by atoms with van der Waals surface area (Å²) in [4.78, 5) is 25.1. The van der Waals surface area contributed by atoms with Crippen LogP contribution in [0.3, 0.4) is 0 Å². The van der Waals surface area contributed by atoms with Crippen LogP contribution < -0.4 is 10.6 Å². The monoisotopic (exact) mass is 508 g/mol. The van der Waals surface area contributed by atoms with E-state index in [1.165, 1.54) is 12.1 Å². The van der Waals surface area contributed by atoms with Gasteiger partial charge in [0.1, 0.15) is 4.33 Å². The average molecular weight is 511 g/mol. The van der Waals surface area contributed by atoms with Gasteiger partial charge in [0.2, 0.25) is 5.91 Å². The van der Waals surface area contributed by atoms with Crippen LogP contribution >= 0.6 is 58.0 Å². The lowest BCUT2D eigenvalue weighted by atomic mass is 10.1. The molecule has 0 aliphatic heterocycles. The molecule has 3 atom stereocenters. The van der Waals surface area contributed by atoms with Gasteiger partial charge in [0, 0.05) is 28.2 Å². The number of aliphatic hydroxyl groups excluding tert-OH is 1. The molecule has 1 aliphatic carbocycles. The van der Waals surface area contributed by atoms with Crippen LogP contribution in [0.15, 0.2) is 36.4 Å². The molecule has 0 heterocycles. The van der Waals surface area contributed by atoms with E-state index in [4.69, 9.17) is 58.0 Å². The van der Waals surface area contributed by atoms with Gasteiger partial charge in [-0.1, -0.05) is 34.8 Å². The Morgan fingerprint density at radius 3 is 2.33 bits per heavy atom. The van der Waals surface area contributed by atoms with Crippen molar-refractivity contribution in [3.05, 3.63) is 62.6 Å². The van der Waals surface area contributed by atoms with Gasteiger partial charge < -0.3 is 15.7 Å². The lowest BCUT2D eigenvalue weighted by molar-refractivity contribution is -0.117. The Labute approximate surface area is 198 Å². The van der Waals surface area contributed by atoms with Crippen LogP contribution in [0.2, 0.25) is 15.1 Å². The molecule has 2 aromatic carbocycles. The zero-order valence-corrected chi connectivity index (χ0v) is 19.3. The number of carbonyl (C=O) groups excluding carboxylic acids is 2.